The zero-order chi connectivity index (χ0) is 17.5. The van der Waals surface area contributed by atoms with Crippen molar-refractivity contribution in [3.8, 4) is 11.5 Å². The standard InChI is InChI=1S/C18H25NO5/c1-13(24-9-8-20)4-6-19-7-5-14-10-16(22-2)17(23-3)11-15(14)12-18(19)21/h5,7,10-11,13,20H,4,6,8-9,12H2,1-3H3. The molecular weight excluding hydrogens is 310 g/mol. The number of benzene rings is 1. The van der Waals surface area contributed by atoms with Crippen LogP contribution in [0.4, 0.5) is 0 Å². The van der Waals surface area contributed by atoms with Gasteiger partial charge in [0.2, 0.25) is 5.91 Å². The maximum Gasteiger partial charge on any atom is 0.230 e. The summed E-state index contributed by atoms with van der Waals surface area (Å²) in [7, 11) is 3.18. The lowest BCUT2D eigenvalue weighted by molar-refractivity contribution is -0.128. The number of methoxy groups -OCH3 is 2. The van der Waals surface area contributed by atoms with E-state index in [9.17, 15) is 4.79 Å². The number of carbonyl (C=O) groups excluding carboxylic acids is 1. The summed E-state index contributed by atoms with van der Waals surface area (Å²) in [6, 6.07) is 3.74. The van der Waals surface area contributed by atoms with Gasteiger partial charge in [-0.15, -0.1) is 0 Å². The molecule has 0 aliphatic carbocycles. The highest BCUT2D eigenvalue weighted by atomic mass is 16.5. The molecular formula is C18H25NO5. The van der Waals surface area contributed by atoms with E-state index < -0.39 is 0 Å². The number of amides is 1. The van der Waals surface area contributed by atoms with Gasteiger partial charge in [0.1, 0.15) is 0 Å². The highest BCUT2D eigenvalue weighted by Crippen LogP contribution is 2.32. The zero-order valence-corrected chi connectivity index (χ0v) is 14.4. The molecule has 24 heavy (non-hydrogen) atoms. The largest absolute Gasteiger partial charge is 0.493 e. The molecule has 1 aromatic carbocycles. The first-order valence-electron chi connectivity index (χ1n) is 8.04. The Morgan fingerprint density at radius 1 is 1.25 bits per heavy atom. The minimum Gasteiger partial charge on any atom is -0.493 e. The molecule has 0 saturated carbocycles. The quantitative estimate of drug-likeness (QED) is 0.785. The third-order valence-corrected chi connectivity index (χ3v) is 4.01. The number of fused-ring (bicyclic) bond motifs is 1. The average Bonchev–Trinajstić information content (AvgIpc) is 2.74. The number of carbonyl (C=O) groups is 1. The molecule has 0 saturated heterocycles. The SMILES string of the molecule is COc1cc2c(cc1OC)CC(=O)N(CCC(C)OCCO)C=C2. The van der Waals surface area contributed by atoms with Gasteiger partial charge in [-0.05, 0) is 42.7 Å². The molecule has 6 nitrogen and oxygen atoms in total. The van der Waals surface area contributed by atoms with E-state index in [2.05, 4.69) is 0 Å². The van der Waals surface area contributed by atoms with E-state index >= 15 is 0 Å². The Morgan fingerprint density at radius 2 is 1.96 bits per heavy atom. The third kappa shape index (κ3) is 4.49. The normalized spacial score (nSPS) is 15.0. The minimum absolute atomic E-state index is 0.00582. The lowest BCUT2D eigenvalue weighted by atomic mass is 10.0. The van der Waals surface area contributed by atoms with Gasteiger partial charge in [0.05, 0.1) is 40.0 Å². The highest BCUT2D eigenvalue weighted by Gasteiger charge is 2.20. The summed E-state index contributed by atoms with van der Waals surface area (Å²) in [5.41, 5.74) is 1.87. The molecule has 6 heteroatoms. The number of hydrogen-bond donors (Lipinski definition) is 1. The van der Waals surface area contributed by atoms with Crippen molar-refractivity contribution < 1.29 is 24.1 Å². The first kappa shape index (κ1) is 18.3. The summed E-state index contributed by atoms with van der Waals surface area (Å²) in [6.07, 6.45) is 4.73. The number of aliphatic hydroxyl groups excluding tert-OH is 1. The summed E-state index contributed by atoms with van der Waals surface area (Å²) >= 11 is 0. The van der Waals surface area contributed by atoms with Crippen molar-refractivity contribution >= 4 is 12.0 Å². The van der Waals surface area contributed by atoms with Crippen LogP contribution >= 0.6 is 0 Å². The van der Waals surface area contributed by atoms with Crippen LogP contribution in [0, 0.1) is 0 Å². The smallest absolute Gasteiger partial charge is 0.230 e. The molecule has 0 aromatic heterocycles. The summed E-state index contributed by atoms with van der Waals surface area (Å²) < 4.78 is 16.1. The van der Waals surface area contributed by atoms with Crippen molar-refractivity contribution in [2.45, 2.75) is 25.9 Å². The Balaban J connectivity index is 2.08. The van der Waals surface area contributed by atoms with Crippen molar-refractivity contribution in [1.82, 2.24) is 4.90 Å². The number of rotatable bonds is 8. The molecule has 1 amide bonds. The molecule has 0 bridgehead atoms. The monoisotopic (exact) mass is 335 g/mol. The molecule has 1 unspecified atom stereocenters. The van der Waals surface area contributed by atoms with E-state index in [1.54, 1.807) is 25.3 Å². The Morgan fingerprint density at radius 3 is 2.62 bits per heavy atom. The topological polar surface area (TPSA) is 68.2 Å². The fourth-order valence-electron chi connectivity index (χ4n) is 2.62. The van der Waals surface area contributed by atoms with E-state index in [0.29, 0.717) is 37.5 Å². The van der Waals surface area contributed by atoms with Gasteiger partial charge in [-0.2, -0.15) is 0 Å². The lowest BCUT2D eigenvalue weighted by Gasteiger charge is -2.20. The third-order valence-electron chi connectivity index (χ3n) is 4.01. The second-order valence-corrected chi connectivity index (χ2v) is 5.68. The van der Waals surface area contributed by atoms with Crippen molar-refractivity contribution in [3.63, 3.8) is 0 Å². The van der Waals surface area contributed by atoms with Crippen LogP contribution in [0.15, 0.2) is 18.3 Å². The molecule has 0 fully saturated rings. The van der Waals surface area contributed by atoms with E-state index in [1.807, 2.05) is 25.1 Å². The predicted molar refractivity (Wildman–Crippen MR) is 91.1 cm³/mol. The van der Waals surface area contributed by atoms with Crippen molar-refractivity contribution in [2.75, 3.05) is 34.0 Å². The van der Waals surface area contributed by atoms with Crippen LogP contribution in [-0.4, -0.2) is 56.0 Å². The van der Waals surface area contributed by atoms with Crippen LogP contribution in [0.5, 0.6) is 11.5 Å². The Hall–Kier alpha value is -2.05. The molecule has 1 aromatic rings. The average molecular weight is 335 g/mol. The van der Waals surface area contributed by atoms with Crippen molar-refractivity contribution in [2.24, 2.45) is 0 Å². The fraction of sp³-hybridized carbons (Fsp3) is 0.500. The van der Waals surface area contributed by atoms with Gasteiger partial charge in [0.15, 0.2) is 11.5 Å². The number of ether oxygens (including phenoxy) is 3. The van der Waals surface area contributed by atoms with Gasteiger partial charge in [0.25, 0.3) is 0 Å². The lowest BCUT2D eigenvalue weighted by Crippen LogP contribution is -2.29. The maximum atomic E-state index is 12.5. The maximum absolute atomic E-state index is 12.5. The van der Waals surface area contributed by atoms with Gasteiger partial charge in [0, 0.05) is 12.7 Å². The van der Waals surface area contributed by atoms with Crippen molar-refractivity contribution in [3.05, 3.63) is 29.5 Å². The molecule has 132 valence electrons. The molecule has 0 radical (unpaired) electrons. The summed E-state index contributed by atoms with van der Waals surface area (Å²) in [4.78, 5) is 14.2. The van der Waals surface area contributed by atoms with Crippen LogP contribution in [0.1, 0.15) is 24.5 Å². The number of aliphatic hydroxyl groups is 1. The molecule has 1 aliphatic heterocycles. The van der Waals surface area contributed by atoms with E-state index in [-0.39, 0.29) is 18.6 Å². The Labute approximate surface area is 142 Å². The van der Waals surface area contributed by atoms with Crippen LogP contribution in [0.3, 0.4) is 0 Å². The van der Waals surface area contributed by atoms with Gasteiger partial charge in [-0.1, -0.05) is 0 Å². The van der Waals surface area contributed by atoms with Gasteiger partial charge in [-0.25, -0.2) is 0 Å². The number of hydrogen-bond acceptors (Lipinski definition) is 5. The Bertz CT molecular complexity index is 599. The second-order valence-electron chi connectivity index (χ2n) is 5.68. The Kier molecular flexibility index (Phi) is 6.63. The van der Waals surface area contributed by atoms with Crippen LogP contribution < -0.4 is 9.47 Å². The van der Waals surface area contributed by atoms with Gasteiger partial charge >= 0.3 is 0 Å². The van der Waals surface area contributed by atoms with Crippen LogP contribution in [0.25, 0.3) is 6.08 Å². The first-order chi connectivity index (χ1) is 11.6. The van der Waals surface area contributed by atoms with Gasteiger partial charge < -0.3 is 24.2 Å². The molecule has 0 spiro atoms. The van der Waals surface area contributed by atoms with Gasteiger partial charge in [-0.3, -0.25) is 4.79 Å². The van der Waals surface area contributed by atoms with E-state index in [4.69, 9.17) is 19.3 Å². The molecule has 1 atom stereocenters. The predicted octanol–water partition coefficient (Wildman–Crippen LogP) is 1.85. The summed E-state index contributed by atoms with van der Waals surface area (Å²) in [6.45, 7) is 2.83. The van der Waals surface area contributed by atoms with Crippen molar-refractivity contribution in [1.29, 1.82) is 0 Å². The highest BCUT2D eigenvalue weighted by molar-refractivity contribution is 5.84. The van der Waals surface area contributed by atoms with E-state index in [1.165, 1.54) is 0 Å². The minimum atomic E-state index is -0.0100. The van der Waals surface area contributed by atoms with Crippen LogP contribution in [-0.2, 0) is 16.0 Å². The first-order valence-corrected chi connectivity index (χ1v) is 8.04. The second kappa shape index (κ2) is 8.70. The molecule has 1 N–H and O–H groups in total. The zero-order valence-electron chi connectivity index (χ0n) is 14.4. The molecule has 1 aliphatic rings. The fourth-order valence-corrected chi connectivity index (χ4v) is 2.62. The van der Waals surface area contributed by atoms with E-state index in [0.717, 1.165) is 11.1 Å². The summed E-state index contributed by atoms with van der Waals surface area (Å²) in [5.74, 6) is 1.30. The molecule has 1 heterocycles. The molecule has 2 rings (SSSR count). The summed E-state index contributed by atoms with van der Waals surface area (Å²) in [5, 5.41) is 8.78. The number of nitrogens with zero attached hydrogens (tertiary/aromatic N) is 1. The van der Waals surface area contributed by atoms with Crippen LogP contribution in [0.2, 0.25) is 0 Å².